The summed E-state index contributed by atoms with van der Waals surface area (Å²) < 4.78 is 6.01. The third kappa shape index (κ3) is 4.84. The molecule has 1 aromatic heterocycles. The molecule has 1 amide bonds. The van der Waals surface area contributed by atoms with E-state index in [4.69, 9.17) is 4.74 Å². The number of hydrogen-bond donors (Lipinski definition) is 2. The van der Waals surface area contributed by atoms with E-state index in [0.29, 0.717) is 26.2 Å². The van der Waals surface area contributed by atoms with E-state index in [1.807, 2.05) is 49.4 Å². The molecule has 2 N–H and O–H groups in total. The fraction of sp³-hybridized carbons (Fsp3) is 0.304. The quantitative estimate of drug-likeness (QED) is 0.701. The first-order valence-electron chi connectivity index (χ1n) is 9.92. The van der Waals surface area contributed by atoms with Crippen LogP contribution in [0.4, 0.5) is 0 Å². The molecule has 6 heteroatoms. The number of fused-ring (bicyclic) bond motifs is 1. The van der Waals surface area contributed by atoms with Gasteiger partial charge in [0.25, 0.3) is 0 Å². The van der Waals surface area contributed by atoms with Crippen molar-refractivity contribution < 1.29 is 9.53 Å². The van der Waals surface area contributed by atoms with Gasteiger partial charge in [-0.1, -0.05) is 48.0 Å². The zero-order valence-corrected chi connectivity index (χ0v) is 16.8. The van der Waals surface area contributed by atoms with Gasteiger partial charge >= 0.3 is 0 Å². The number of aromatic amines is 1. The van der Waals surface area contributed by atoms with Crippen molar-refractivity contribution in [1.29, 1.82) is 0 Å². The Kier molecular flexibility index (Phi) is 5.62. The first kappa shape index (κ1) is 19.2. The normalized spacial score (nSPS) is 16.6. The van der Waals surface area contributed by atoms with Gasteiger partial charge in [0.2, 0.25) is 5.91 Å². The number of nitrogens with zero attached hydrogens (tertiary/aromatic N) is 2. The van der Waals surface area contributed by atoms with E-state index in [2.05, 4.69) is 39.5 Å². The van der Waals surface area contributed by atoms with Gasteiger partial charge in [0.05, 0.1) is 24.5 Å². The Morgan fingerprint density at radius 2 is 2.07 bits per heavy atom. The molecule has 0 fully saturated rings. The molecule has 3 aromatic rings. The lowest BCUT2D eigenvalue weighted by molar-refractivity contribution is -0.122. The number of rotatable bonds is 5. The number of aromatic nitrogens is 2. The molecule has 0 radical (unpaired) electrons. The van der Waals surface area contributed by atoms with Crippen molar-refractivity contribution in [1.82, 2.24) is 20.4 Å². The third-order valence-electron chi connectivity index (χ3n) is 5.00. The van der Waals surface area contributed by atoms with E-state index in [-0.39, 0.29) is 12.0 Å². The monoisotopic (exact) mass is 390 g/mol. The van der Waals surface area contributed by atoms with Crippen molar-refractivity contribution in [3.63, 3.8) is 0 Å². The predicted molar refractivity (Wildman–Crippen MR) is 112 cm³/mol. The molecular weight excluding hydrogens is 364 g/mol. The Hall–Kier alpha value is -3.12. The van der Waals surface area contributed by atoms with Gasteiger partial charge in [-0.3, -0.25) is 14.8 Å². The first-order chi connectivity index (χ1) is 14.1. The molecule has 150 valence electrons. The van der Waals surface area contributed by atoms with E-state index < -0.39 is 0 Å². The fourth-order valence-electron chi connectivity index (χ4n) is 3.65. The number of amides is 1. The molecule has 2 heterocycles. The summed E-state index contributed by atoms with van der Waals surface area (Å²) in [6, 6.07) is 18.2. The molecule has 0 bridgehead atoms. The molecule has 0 spiro atoms. The van der Waals surface area contributed by atoms with Crippen LogP contribution in [0.2, 0.25) is 0 Å². The minimum absolute atomic E-state index is 0.0100. The van der Waals surface area contributed by atoms with Gasteiger partial charge in [0, 0.05) is 24.2 Å². The lowest BCUT2D eigenvalue weighted by Gasteiger charge is -2.21. The number of aryl methyl sites for hydroxylation is 1. The van der Waals surface area contributed by atoms with Crippen molar-refractivity contribution in [2.45, 2.75) is 33.0 Å². The molecule has 29 heavy (non-hydrogen) atoms. The van der Waals surface area contributed by atoms with Crippen molar-refractivity contribution in [3.8, 4) is 17.0 Å². The molecular formula is C23H26N4O2. The van der Waals surface area contributed by atoms with Crippen molar-refractivity contribution in [2.24, 2.45) is 0 Å². The van der Waals surface area contributed by atoms with Gasteiger partial charge in [-0.25, -0.2) is 0 Å². The SMILES string of the molecule is Cc1ccc2c(c1)CN(CC(=O)NCc1cc(-c3ccccc3)n[nH]1)C[C@H](C)O2. The molecule has 0 saturated carbocycles. The molecule has 1 aliphatic heterocycles. The number of H-pyrrole nitrogens is 1. The Balaban J connectivity index is 1.34. The van der Waals surface area contributed by atoms with Crippen LogP contribution in [0.25, 0.3) is 11.3 Å². The van der Waals surface area contributed by atoms with Gasteiger partial charge < -0.3 is 10.1 Å². The zero-order valence-electron chi connectivity index (χ0n) is 16.8. The van der Waals surface area contributed by atoms with E-state index in [9.17, 15) is 4.79 Å². The molecule has 0 unspecified atom stereocenters. The summed E-state index contributed by atoms with van der Waals surface area (Å²) in [5.41, 5.74) is 5.13. The van der Waals surface area contributed by atoms with E-state index in [1.54, 1.807) is 0 Å². The molecule has 1 atom stereocenters. The van der Waals surface area contributed by atoms with E-state index in [1.165, 1.54) is 5.56 Å². The second-order valence-electron chi connectivity index (χ2n) is 7.63. The minimum Gasteiger partial charge on any atom is -0.489 e. The summed E-state index contributed by atoms with van der Waals surface area (Å²) in [7, 11) is 0. The van der Waals surface area contributed by atoms with Gasteiger partial charge in [0.1, 0.15) is 11.9 Å². The average Bonchev–Trinajstić information content (AvgIpc) is 3.12. The lowest BCUT2D eigenvalue weighted by Crippen LogP contribution is -2.39. The van der Waals surface area contributed by atoms with Crippen molar-refractivity contribution >= 4 is 5.91 Å². The Morgan fingerprint density at radius 3 is 2.90 bits per heavy atom. The largest absolute Gasteiger partial charge is 0.489 e. The highest BCUT2D eigenvalue weighted by Gasteiger charge is 2.22. The van der Waals surface area contributed by atoms with Crippen LogP contribution in [-0.4, -0.2) is 40.2 Å². The molecule has 1 aliphatic rings. The van der Waals surface area contributed by atoms with Crippen LogP contribution in [0.1, 0.15) is 23.7 Å². The Labute approximate surface area is 170 Å². The van der Waals surface area contributed by atoms with Crippen LogP contribution < -0.4 is 10.1 Å². The average molecular weight is 390 g/mol. The number of nitrogens with one attached hydrogen (secondary N) is 2. The molecule has 2 aromatic carbocycles. The highest BCUT2D eigenvalue weighted by Crippen LogP contribution is 2.26. The van der Waals surface area contributed by atoms with Gasteiger partial charge in [-0.05, 0) is 26.0 Å². The maximum Gasteiger partial charge on any atom is 0.234 e. The maximum atomic E-state index is 12.5. The molecule has 4 rings (SSSR count). The zero-order chi connectivity index (χ0) is 20.2. The summed E-state index contributed by atoms with van der Waals surface area (Å²) in [6.45, 7) is 6.28. The van der Waals surface area contributed by atoms with Crippen LogP contribution in [0, 0.1) is 6.92 Å². The standard InChI is InChI=1S/C23H26N4O2/c1-16-8-9-22-19(10-16)14-27(13-17(2)29-22)15-23(28)24-12-20-11-21(26-25-20)18-6-4-3-5-7-18/h3-11,17H,12-15H2,1-2H3,(H,24,28)(H,25,26)/t17-/m0/s1. The van der Waals surface area contributed by atoms with Crippen molar-refractivity contribution in [2.75, 3.05) is 13.1 Å². The summed E-state index contributed by atoms with van der Waals surface area (Å²) >= 11 is 0. The fourth-order valence-corrected chi connectivity index (χ4v) is 3.65. The number of benzene rings is 2. The second kappa shape index (κ2) is 8.49. The van der Waals surface area contributed by atoms with Gasteiger partial charge in [-0.2, -0.15) is 5.10 Å². The smallest absolute Gasteiger partial charge is 0.234 e. The van der Waals surface area contributed by atoms with E-state index in [0.717, 1.165) is 28.3 Å². The highest BCUT2D eigenvalue weighted by molar-refractivity contribution is 5.78. The summed E-state index contributed by atoms with van der Waals surface area (Å²) in [4.78, 5) is 14.7. The minimum atomic E-state index is -0.0100. The molecule has 6 nitrogen and oxygen atoms in total. The Morgan fingerprint density at radius 1 is 1.24 bits per heavy atom. The van der Waals surface area contributed by atoms with Crippen LogP contribution in [-0.2, 0) is 17.9 Å². The van der Waals surface area contributed by atoms with Crippen molar-refractivity contribution in [3.05, 3.63) is 71.4 Å². The summed E-state index contributed by atoms with van der Waals surface area (Å²) in [6.07, 6.45) is 0.0350. The topological polar surface area (TPSA) is 70.2 Å². The van der Waals surface area contributed by atoms with E-state index >= 15 is 0 Å². The predicted octanol–water partition coefficient (Wildman–Crippen LogP) is 3.28. The Bertz CT molecular complexity index is 984. The first-order valence-corrected chi connectivity index (χ1v) is 9.92. The molecule has 0 aliphatic carbocycles. The van der Waals surface area contributed by atoms with Crippen LogP contribution in [0.3, 0.4) is 0 Å². The van der Waals surface area contributed by atoms with Gasteiger partial charge in [0.15, 0.2) is 0 Å². The maximum absolute atomic E-state index is 12.5. The molecule has 0 saturated heterocycles. The van der Waals surface area contributed by atoms with Gasteiger partial charge in [-0.15, -0.1) is 0 Å². The second-order valence-corrected chi connectivity index (χ2v) is 7.63. The highest BCUT2D eigenvalue weighted by atomic mass is 16.5. The van der Waals surface area contributed by atoms with Crippen LogP contribution >= 0.6 is 0 Å². The summed E-state index contributed by atoms with van der Waals surface area (Å²) in [5.74, 6) is 0.904. The van der Waals surface area contributed by atoms with Crippen LogP contribution in [0.15, 0.2) is 54.6 Å². The van der Waals surface area contributed by atoms with Crippen LogP contribution in [0.5, 0.6) is 5.75 Å². The number of hydrogen-bond acceptors (Lipinski definition) is 4. The lowest BCUT2D eigenvalue weighted by atomic mass is 10.1. The summed E-state index contributed by atoms with van der Waals surface area (Å²) in [5, 5.41) is 10.3. The third-order valence-corrected chi connectivity index (χ3v) is 5.00. The number of carbonyl (C=O) groups excluding carboxylic acids is 1. The number of carbonyl (C=O) groups is 1. The number of ether oxygens (including phenoxy) is 1.